The first kappa shape index (κ1) is 32.8. The predicted octanol–water partition coefficient (Wildman–Crippen LogP) is 8.57. The highest BCUT2D eigenvalue weighted by Gasteiger charge is 2.33. The highest BCUT2D eigenvalue weighted by atomic mass is 35.5. The molecule has 5 rings (SSSR count). The molecule has 1 saturated heterocycles. The van der Waals surface area contributed by atoms with E-state index in [2.05, 4.69) is 16.3 Å². The molecular weight excluding hydrogens is 569 g/mol. The molecule has 0 radical (unpaired) electrons. The number of benzene rings is 2. The second kappa shape index (κ2) is 14.5. The van der Waals surface area contributed by atoms with Crippen molar-refractivity contribution in [2.45, 2.75) is 61.3 Å². The van der Waals surface area contributed by atoms with Gasteiger partial charge in [0.2, 0.25) is 11.9 Å². The van der Waals surface area contributed by atoms with Gasteiger partial charge >= 0.3 is 0 Å². The van der Waals surface area contributed by atoms with E-state index in [4.69, 9.17) is 38.2 Å². The molecule has 42 heavy (non-hydrogen) atoms. The first-order valence-corrected chi connectivity index (χ1v) is 15.2. The van der Waals surface area contributed by atoms with Crippen molar-refractivity contribution in [3.05, 3.63) is 58.6 Å². The second-order valence-electron chi connectivity index (χ2n) is 10.1. The lowest BCUT2D eigenvalue weighted by Gasteiger charge is -2.35. The third-order valence-corrected chi connectivity index (χ3v) is 7.47. The van der Waals surface area contributed by atoms with Crippen LogP contribution in [-0.4, -0.2) is 38.5 Å². The monoisotopic (exact) mass is 607 g/mol. The van der Waals surface area contributed by atoms with Crippen LogP contribution in [0.4, 0.5) is 11.8 Å². The van der Waals surface area contributed by atoms with Gasteiger partial charge in [-0.05, 0) is 56.2 Å². The summed E-state index contributed by atoms with van der Waals surface area (Å²) < 4.78 is 1.91. The van der Waals surface area contributed by atoms with E-state index in [1.807, 2.05) is 89.4 Å². The SMILES string of the molecule is CC.CC.CC(C)C(=O)Nc1nc(N2CCC(C)(C#N)CC2)c2nc(-c3ccccc3Cl)n(-c3ccc(Cl)cc3)c2n1. The molecule has 0 aliphatic carbocycles. The fourth-order valence-corrected chi connectivity index (χ4v) is 4.80. The molecule has 1 aliphatic heterocycles. The summed E-state index contributed by atoms with van der Waals surface area (Å²) in [5.41, 5.74) is 2.24. The maximum Gasteiger partial charge on any atom is 0.233 e. The Kier molecular flexibility index (Phi) is 11.3. The van der Waals surface area contributed by atoms with E-state index < -0.39 is 0 Å². The molecule has 1 amide bonds. The number of halogens is 2. The molecule has 1 N–H and O–H groups in total. The molecule has 0 bridgehead atoms. The number of fused-ring (bicyclic) bond motifs is 1. The molecule has 3 heterocycles. The van der Waals surface area contributed by atoms with Crippen molar-refractivity contribution in [3.63, 3.8) is 0 Å². The summed E-state index contributed by atoms with van der Waals surface area (Å²) in [4.78, 5) is 29.3. The molecule has 1 fully saturated rings. The van der Waals surface area contributed by atoms with Crippen LogP contribution in [0.5, 0.6) is 0 Å². The standard InChI is InChI=1S/C28H27Cl2N7O.2C2H6/c1-17(2)26(38)35-27-33-24(36-14-12-28(3,16-31)13-15-36)22-25(34-27)37(19-10-8-18(29)9-11-19)23(32-22)20-6-4-5-7-21(20)30;2*1-2/h4-11,17H,12-15H2,1-3H3,(H,33,34,35,38);2*1-2H3. The summed E-state index contributed by atoms with van der Waals surface area (Å²) in [5.74, 6) is 0.962. The molecule has 0 unspecified atom stereocenters. The summed E-state index contributed by atoms with van der Waals surface area (Å²) in [6.45, 7) is 14.9. The Balaban J connectivity index is 0.00000116. The molecule has 1 aliphatic rings. The maximum absolute atomic E-state index is 12.6. The summed E-state index contributed by atoms with van der Waals surface area (Å²) in [6, 6.07) is 17.3. The Bertz CT molecular complexity index is 1550. The van der Waals surface area contributed by atoms with E-state index in [9.17, 15) is 10.1 Å². The fraction of sp³-hybridized carbons (Fsp3) is 0.406. The molecule has 8 nitrogen and oxygen atoms in total. The van der Waals surface area contributed by atoms with Crippen molar-refractivity contribution >= 4 is 52.0 Å². The van der Waals surface area contributed by atoms with E-state index in [0.717, 1.165) is 11.3 Å². The van der Waals surface area contributed by atoms with Gasteiger partial charge in [-0.25, -0.2) is 4.98 Å². The van der Waals surface area contributed by atoms with E-state index in [-0.39, 0.29) is 23.2 Å². The van der Waals surface area contributed by atoms with Gasteiger partial charge in [0.15, 0.2) is 17.0 Å². The van der Waals surface area contributed by atoms with Gasteiger partial charge < -0.3 is 4.90 Å². The number of amides is 1. The minimum Gasteiger partial charge on any atom is -0.354 e. The van der Waals surface area contributed by atoms with Crippen molar-refractivity contribution in [2.24, 2.45) is 11.3 Å². The number of imidazole rings is 1. The van der Waals surface area contributed by atoms with Gasteiger partial charge in [0.1, 0.15) is 5.82 Å². The van der Waals surface area contributed by atoms with E-state index in [0.29, 0.717) is 58.8 Å². The molecule has 222 valence electrons. The van der Waals surface area contributed by atoms with E-state index >= 15 is 0 Å². The first-order chi connectivity index (χ1) is 20.2. The lowest BCUT2D eigenvalue weighted by Crippen LogP contribution is -2.38. The summed E-state index contributed by atoms with van der Waals surface area (Å²) in [6.07, 6.45) is 1.38. The molecule has 2 aromatic carbocycles. The Morgan fingerprint density at radius 2 is 1.60 bits per heavy atom. The Labute approximate surface area is 258 Å². The quantitative estimate of drug-likeness (QED) is 0.244. The highest BCUT2D eigenvalue weighted by molar-refractivity contribution is 6.33. The van der Waals surface area contributed by atoms with Crippen LogP contribution in [0.1, 0.15) is 61.3 Å². The van der Waals surface area contributed by atoms with E-state index in [1.54, 1.807) is 12.1 Å². The number of carbonyl (C=O) groups is 1. The number of aromatic nitrogens is 4. The molecule has 4 aromatic rings. The topological polar surface area (TPSA) is 99.7 Å². The van der Waals surface area contributed by atoms with Gasteiger partial charge in [-0.3, -0.25) is 14.7 Å². The summed E-state index contributed by atoms with van der Waals surface area (Å²) in [7, 11) is 0. The minimum absolute atomic E-state index is 0.185. The highest BCUT2D eigenvalue weighted by Crippen LogP contribution is 2.38. The molecule has 0 spiro atoms. The number of hydrogen-bond donors (Lipinski definition) is 1. The number of nitrogens with one attached hydrogen (secondary N) is 1. The van der Waals surface area contributed by atoms with Crippen LogP contribution in [0.3, 0.4) is 0 Å². The number of hydrogen-bond acceptors (Lipinski definition) is 6. The average molecular weight is 609 g/mol. The van der Waals surface area contributed by atoms with Crippen molar-refractivity contribution in [1.82, 2.24) is 19.5 Å². The van der Waals surface area contributed by atoms with Gasteiger partial charge in [-0.2, -0.15) is 15.2 Å². The Morgan fingerprint density at radius 3 is 2.17 bits per heavy atom. The van der Waals surface area contributed by atoms with Crippen LogP contribution in [0.25, 0.3) is 28.2 Å². The van der Waals surface area contributed by atoms with Crippen molar-refractivity contribution in [1.29, 1.82) is 5.26 Å². The van der Waals surface area contributed by atoms with Gasteiger partial charge in [0.05, 0.1) is 16.5 Å². The number of rotatable bonds is 5. The van der Waals surface area contributed by atoms with Crippen LogP contribution in [0.2, 0.25) is 10.0 Å². The number of nitrogens with zero attached hydrogens (tertiary/aromatic N) is 6. The van der Waals surface area contributed by atoms with Crippen molar-refractivity contribution in [2.75, 3.05) is 23.3 Å². The van der Waals surface area contributed by atoms with Crippen molar-refractivity contribution < 1.29 is 4.79 Å². The zero-order chi connectivity index (χ0) is 31.0. The number of carbonyl (C=O) groups excluding carboxylic acids is 1. The van der Waals surface area contributed by atoms with Gasteiger partial charge in [0, 0.05) is 35.3 Å². The predicted molar refractivity (Wildman–Crippen MR) is 173 cm³/mol. The summed E-state index contributed by atoms with van der Waals surface area (Å²) in [5, 5.41) is 13.6. The lowest BCUT2D eigenvalue weighted by molar-refractivity contribution is -0.118. The van der Waals surface area contributed by atoms with Crippen LogP contribution in [0, 0.1) is 22.7 Å². The Morgan fingerprint density at radius 1 is 0.976 bits per heavy atom. The first-order valence-electron chi connectivity index (χ1n) is 14.5. The average Bonchev–Trinajstić information content (AvgIpc) is 3.39. The molecule has 2 aromatic heterocycles. The van der Waals surface area contributed by atoms with E-state index in [1.165, 1.54) is 0 Å². The minimum atomic E-state index is -0.386. The summed E-state index contributed by atoms with van der Waals surface area (Å²) >= 11 is 12.8. The number of anilines is 2. The largest absolute Gasteiger partial charge is 0.354 e. The molecule has 10 heteroatoms. The molecular formula is C32H39Cl2N7O. The smallest absolute Gasteiger partial charge is 0.233 e. The zero-order valence-corrected chi connectivity index (χ0v) is 26.9. The maximum atomic E-state index is 12.6. The molecule has 0 saturated carbocycles. The zero-order valence-electron chi connectivity index (χ0n) is 25.4. The third-order valence-electron chi connectivity index (χ3n) is 6.88. The third kappa shape index (κ3) is 7.03. The number of piperidine rings is 1. The lowest BCUT2D eigenvalue weighted by atomic mass is 9.82. The van der Waals surface area contributed by atoms with Gasteiger partial charge in [0.25, 0.3) is 0 Å². The van der Waals surface area contributed by atoms with Gasteiger partial charge in [-0.1, -0.05) is 76.9 Å². The Hall–Kier alpha value is -3.67. The molecule has 0 atom stereocenters. The normalized spacial score (nSPS) is 13.9. The van der Waals surface area contributed by atoms with Crippen LogP contribution in [0.15, 0.2) is 48.5 Å². The van der Waals surface area contributed by atoms with Crippen molar-refractivity contribution in [3.8, 4) is 23.1 Å². The second-order valence-corrected chi connectivity index (χ2v) is 10.9. The number of nitriles is 1. The van der Waals surface area contributed by atoms with Crippen LogP contribution < -0.4 is 10.2 Å². The van der Waals surface area contributed by atoms with Crippen LogP contribution >= 0.6 is 23.2 Å². The fourth-order valence-electron chi connectivity index (χ4n) is 4.46. The van der Waals surface area contributed by atoms with Gasteiger partial charge in [-0.15, -0.1) is 0 Å². The van der Waals surface area contributed by atoms with Crippen LogP contribution in [-0.2, 0) is 4.79 Å².